The summed E-state index contributed by atoms with van der Waals surface area (Å²) in [5, 5.41) is 1.03. The van der Waals surface area contributed by atoms with Gasteiger partial charge in [0.05, 0.1) is 18.5 Å². The fraction of sp³-hybridized carbons (Fsp3) is 0.214. The third kappa shape index (κ3) is 1.86. The maximum absolute atomic E-state index is 11.6. The average Bonchev–Trinajstić information content (AvgIpc) is 2.68. The van der Waals surface area contributed by atoms with E-state index in [1.807, 2.05) is 30.3 Å². The van der Waals surface area contributed by atoms with Gasteiger partial charge in [-0.15, -0.1) is 0 Å². The van der Waals surface area contributed by atoms with Crippen LogP contribution in [-0.2, 0) is 16.1 Å². The summed E-state index contributed by atoms with van der Waals surface area (Å²) < 4.78 is 0. The van der Waals surface area contributed by atoms with E-state index in [0.29, 0.717) is 6.54 Å². The molecular weight excluding hydrogens is 228 g/mol. The summed E-state index contributed by atoms with van der Waals surface area (Å²) in [5.41, 5.74) is 1.94. The first-order valence-corrected chi connectivity index (χ1v) is 5.86. The van der Waals surface area contributed by atoms with Crippen LogP contribution in [0.5, 0.6) is 0 Å². The van der Waals surface area contributed by atoms with Gasteiger partial charge in [-0.1, -0.05) is 18.2 Å². The Balaban J connectivity index is 1.95. The van der Waals surface area contributed by atoms with Crippen molar-refractivity contribution in [3.8, 4) is 0 Å². The molecule has 1 aliphatic heterocycles. The van der Waals surface area contributed by atoms with E-state index < -0.39 is 0 Å². The largest absolute Gasteiger partial charge is 0.331 e. The van der Waals surface area contributed by atoms with Gasteiger partial charge in [0.25, 0.3) is 0 Å². The Morgan fingerprint density at radius 3 is 2.78 bits per heavy atom. The molecule has 2 aromatic rings. The van der Waals surface area contributed by atoms with Gasteiger partial charge in [-0.25, -0.2) is 0 Å². The molecule has 2 heterocycles. The third-order valence-electron chi connectivity index (χ3n) is 3.17. The van der Waals surface area contributed by atoms with Crippen LogP contribution in [0.4, 0.5) is 0 Å². The van der Waals surface area contributed by atoms with Crippen LogP contribution in [0.2, 0.25) is 0 Å². The van der Waals surface area contributed by atoms with Gasteiger partial charge in [0.1, 0.15) is 0 Å². The van der Waals surface area contributed by atoms with Gasteiger partial charge >= 0.3 is 0 Å². The predicted octanol–water partition coefficient (Wildman–Crippen LogP) is 1.54. The van der Waals surface area contributed by atoms with Crippen molar-refractivity contribution in [2.24, 2.45) is 0 Å². The number of carbonyl (C=O) groups excluding carboxylic acids is 2. The molecular formula is C14H12N2O2. The standard InChI is InChI=1S/C14H12N2O2/c17-11-7-14(18)16(9-11)8-10-5-6-15-13-4-2-1-3-12(10)13/h1-6H,7-9H2. The molecule has 0 radical (unpaired) electrons. The first-order chi connectivity index (χ1) is 8.74. The Hall–Kier alpha value is -2.23. The number of hydrogen-bond acceptors (Lipinski definition) is 3. The van der Waals surface area contributed by atoms with Crippen molar-refractivity contribution < 1.29 is 9.59 Å². The molecule has 1 amide bonds. The lowest BCUT2D eigenvalue weighted by atomic mass is 10.1. The van der Waals surface area contributed by atoms with Gasteiger partial charge in [0, 0.05) is 18.1 Å². The number of aromatic nitrogens is 1. The van der Waals surface area contributed by atoms with Crippen LogP contribution in [0.3, 0.4) is 0 Å². The lowest BCUT2D eigenvalue weighted by Crippen LogP contribution is -2.24. The average molecular weight is 240 g/mol. The number of para-hydroxylation sites is 1. The summed E-state index contributed by atoms with van der Waals surface area (Å²) in [6, 6.07) is 9.71. The van der Waals surface area contributed by atoms with Gasteiger partial charge in [0.2, 0.25) is 5.91 Å². The topological polar surface area (TPSA) is 50.3 Å². The Morgan fingerprint density at radius 1 is 1.17 bits per heavy atom. The summed E-state index contributed by atoms with van der Waals surface area (Å²) in [7, 11) is 0. The molecule has 1 fully saturated rings. The van der Waals surface area contributed by atoms with Crippen LogP contribution < -0.4 is 0 Å². The molecule has 0 saturated carbocycles. The molecule has 1 aliphatic rings. The molecule has 0 bridgehead atoms. The van der Waals surface area contributed by atoms with Crippen LogP contribution in [0.25, 0.3) is 10.9 Å². The highest BCUT2D eigenvalue weighted by atomic mass is 16.2. The molecule has 18 heavy (non-hydrogen) atoms. The lowest BCUT2D eigenvalue weighted by Gasteiger charge is -2.15. The van der Waals surface area contributed by atoms with Gasteiger partial charge in [0.15, 0.2) is 5.78 Å². The van der Waals surface area contributed by atoms with Gasteiger partial charge in [-0.2, -0.15) is 0 Å². The number of likely N-dealkylation sites (tertiary alicyclic amines) is 1. The fourth-order valence-electron chi connectivity index (χ4n) is 2.28. The first-order valence-electron chi connectivity index (χ1n) is 5.86. The number of hydrogen-bond donors (Lipinski definition) is 0. The number of rotatable bonds is 2. The highest BCUT2D eigenvalue weighted by Gasteiger charge is 2.27. The second-order valence-corrected chi connectivity index (χ2v) is 4.45. The number of pyridine rings is 1. The van der Waals surface area contributed by atoms with Crippen LogP contribution in [0, 0.1) is 0 Å². The van der Waals surface area contributed by atoms with E-state index >= 15 is 0 Å². The first kappa shape index (κ1) is 10.9. The molecule has 3 rings (SSSR count). The van der Waals surface area contributed by atoms with Crippen molar-refractivity contribution in [1.29, 1.82) is 0 Å². The van der Waals surface area contributed by atoms with E-state index in [4.69, 9.17) is 0 Å². The van der Waals surface area contributed by atoms with Crippen molar-refractivity contribution in [1.82, 2.24) is 9.88 Å². The Kier molecular flexibility index (Phi) is 2.55. The highest BCUT2D eigenvalue weighted by Crippen LogP contribution is 2.19. The number of Topliss-reactive ketones (excluding diaryl/α,β-unsaturated/α-hetero) is 1. The van der Waals surface area contributed by atoms with Crippen molar-refractivity contribution in [2.75, 3.05) is 6.54 Å². The number of carbonyl (C=O) groups is 2. The molecule has 4 heteroatoms. The number of benzene rings is 1. The quantitative estimate of drug-likeness (QED) is 0.748. The van der Waals surface area contributed by atoms with E-state index in [-0.39, 0.29) is 24.7 Å². The Morgan fingerprint density at radius 2 is 2.00 bits per heavy atom. The minimum absolute atomic E-state index is 0.00152. The summed E-state index contributed by atoms with van der Waals surface area (Å²) >= 11 is 0. The maximum Gasteiger partial charge on any atom is 0.230 e. The zero-order valence-electron chi connectivity index (χ0n) is 9.80. The molecule has 0 spiro atoms. The molecule has 0 atom stereocenters. The van der Waals surface area contributed by atoms with Crippen molar-refractivity contribution in [2.45, 2.75) is 13.0 Å². The molecule has 0 N–H and O–H groups in total. The highest BCUT2D eigenvalue weighted by molar-refractivity contribution is 6.05. The number of fused-ring (bicyclic) bond motifs is 1. The second kappa shape index (κ2) is 4.22. The minimum atomic E-state index is -0.0825. The monoisotopic (exact) mass is 240 g/mol. The van der Waals surface area contributed by atoms with Crippen LogP contribution in [0.1, 0.15) is 12.0 Å². The van der Waals surface area contributed by atoms with Gasteiger partial charge in [-0.3, -0.25) is 14.6 Å². The van der Waals surface area contributed by atoms with Crippen LogP contribution >= 0.6 is 0 Å². The fourth-order valence-corrected chi connectivity index (χ4v) is 2.28. The number of ketones is 1. The summed E-state index contributed by atoms with van der Waals surface area (Å²) in [4.78, 5) is 28.7. The summed E-state index contributed by atoms with van der Waals surface area (Å²) in [6.45, 7) is 0.711. The molecule has 1 aromatic heterocycles. The lowest BCUT2D eigenvalue weighted by molar-refractivity contribution is -0.128. The van der Waals surface area contributed by atoms with Crippen LogP contribution in [0.15, 0.2) is 36.5 Å². The molecule has 90 valence electrons. The Bertz CT molecular complexity index is 631. The van der Waals surface area contributed by atoms with Crippen molar-refractivity contribution >= 4 is 22.6 Å². The van der Waals surface area contributed by atoms with E-state index in [9.17, 15) is 9.59 Å². The molecule has 0 aliphatic carbocycles. The van der Waals surface area contributed by atoms with Crippen LogP contribution in [-0.4, -0.2) is 28.1 Å². The summed E-state index contributed by atoms with van der Waals surface area (Å²) in [5.74, 6) is -0.0840. The van der Waals surface area contributed by atoms with E-state index in [2.05, 4.69) is 4.98 Å². The van der Waals surface area contributed by atoms with E-state index in [0.717, 1.165) is 16.5 Å². The van der Waals surface area contributed by atoms with Crippen molar-refractivity contribution in [3.05, 3.63) is 42.1 Å². The maximum atomic E-state index is 11.6. The number of nitrogens with zero attached hydrogens (tertiary/aromatic N) is 2. The van der Waals surface area contributed by atoms with Gasteiger partial charge < -0.3 is 4.90 Å². The third-order valence-corrected chi connectivity index (χ3v) is 3.17. The smallest absolute Gasteiger partial charge is 0.230 e. The molecule has 1 aromatic carbocycles. The Labute approximate surface area is 104 Å². The predicted molar refractivity (Wildman–Crippen MR) is 66.8 cm³/mol. The normalized spacial score (nSPS) is 15.7. The number of amides is 1. The molecule has 0 unspecified atom stereocenters. The molecule has 1 saturated heterocycles. The zero-order chi connectivity index (χ0) is 12.5. The minimum Gasteiger partial charge on any atom is -0.331 e. The summed E-state index contributed by atoms with van der Waals surface area (Å²) in [6.07, 6.45) is 1.78. The van der Waals surface area contributed by atoms with Crippen molar-refractivity contribution in [3.63, 3.8) is 0 Å². The second-order valence-electron chi connectivity index (χ2n) is 4.45. The molecule has 4 nitrogen and oxygen atoms in total. The van der Waals surface area contributed by atoms with E-state index in [1.165, 1.54) is 0 Å². The van der Waals surface area contributed by atoms with E-state index in [1.54, 1.807) is 11.1 Å². The van der Waals surface area contributed by atoms with Gasteiger partial charge in [-0.05, 0) is 17.7 Å². The SMILES string of the molecule is O=C1CC(=O)N(Cc2ccnc3ccccc23)C1. The zero-order valence-corrected chi connectivity index (χ0v) is 9.80.